The van der Waals surface area contributed by atoms with E-state index in [0.29, 0.717) is 12.1 Å². The summed E-state index contributed by atoms with van der Waals surface area (Å²) < 4.78 is 0. The van der Waals surface area contributed by atoms with Gasteiger partial charge in [0.15, 0.2) is 0 Å². The Bertz CT molecular complexity index is 543. The predicted octanol–water partition coefficient (Wildman–Crippen LogP) is 4.52. The first-order valence-electron chi connectivity index (χ1n) is 10.1. The van der Waals surface area contributed by atoms with Gasteiger partial charge in [0.05, 0.1) is 6.04 Å². The van der Waals surface area contributed by atoms with Crippen molar-refractivity contribution in [2.75, 3.05) is 37.6 Å². The van der Waals surface area contributed by atoms with Gasteiger partial charge < -0.3 is 9.80 Å². The number of anilines is 1. The number of benzene rings is 1. The van der Waals surface area contributed by atoms with Gasteiger partial charge in [0.1, 0.15) is 0 Å². The van der Waals surface area contributed by atoms with E-state index in [1.54, 1.807) is 0 Å². The fraction of sp³-hybridized carbons (Fsp3) is 0.636. The topological polar surface area (TPSA) is 9.72 Å². The molecule has 2 aliphatic heterocycles. The van der Waals surface area contributed by atoms with Gasteiger partial charge >= 0.3 is 0 Å². The highest BCUT2D eigenvalue weighted by molar-refractivity contribution is 5.48. The van der Waals surface area contributed by atoms with Crippen LogP contribution in [0.5, 0.6) is 0 Å². The lowest BCUT2D eigenvalue weighted by Gasteiger charge is -2.38. The van der Waals surface area contributed by atoms with E-state index in [-0.39, 0.29) is 0 Å². The first kappa shape index (κ1) is 18.3. The fourth-order valence-corrected chi connectivity index (χ4v) is 4.37. The van der Waals surface area contributed by atoms with E-state index in [2.05, 4.69) is 66.3 Å². The van der Waals surface area contributed by atoms with Crippen molar-refractivity contribution in [3.05, 3.63) is 42.6 Å². The second-order valence-electron chi connectivity index (χ2n) is 8.14. The quantitative estimate of drug-likeness (QED) is 0.797. The van der Waals surface area contributed by atoms with Crippen LogP contribution in [0.1, 0.15) is 51.6 Å². The Balaban J connectivity index is 1.66. The Hall–Kier alpha value is -1.48. The maximum Gasteiger partial charge on any atom is 0.0536 e. The van der Waals surface area contributed by atoms with E-state index in [9.17, 15) is 0 Å². The van der Waals surface area contributed by atoms with Gasteiger partial charge in [-0.2, -0.15) is 0 Å². The zero-order valence-corrected chi connectivity index (χ0v) is 16.3. The molecule has 3 heteroatoms. The number of hydrogen-bond donors (Lipinski definition) is 0. The van der Waals surface area contributed by atoms with E-state index in [1.807, 2.05) is 6.20 Å². The molecule has 1 aromatic rings. The van der Waals surface area contributed by atoms with Crippen molar-refractivity contribution in [1.29, 1.82) is 0 Å². The van der Waals surface area contributed by atoms with Crippen LogP contribution in [0.25, 0.3) is 0 Å². The summed E-state index contributed by atoms with van der Waals surface area (Å²) in [6.07, 6.45) is 5.93. The van der Waals surface area contributed by atoms with Gasteiger partial charge in [0.25, 0.3) is 0 Å². The van der Waals surface area contributed by atoms with Crippen molar-refractivity contribution >= 4 is 5.69 Å². The molecule has 0 aliphatic carbocycles. The third-order valence-corrected chi connectivity index (χ3v) is 6.02. The maximum atomic E-state index is 4.06. The number of piperazine rings is 1. The molecule has 3 rings (SSSR count). The van der Waals surface area contributed by atoms with Crippen LogP contribution < -0.4 is 4.90 Å². The summed E-state index contributed by atoms with van der Waals surface area (Å²) in [6, 6.07) is 10.5. The molecule has 0 amide bonds. The summed E-state index contributed by atoms with van der Waals surface area (Å²) >= 11 is 0. The first-order chi connectivity index (χ1) is 12.1. The summed E-state index contributed by atoms with van der Waals surface area (Å²) in [5.74, 6) is 0.763. The van der Waals surface area contributed by atoms with Crippen LogP contribution in [0.15, 0.2) is 37.0 Å². The third-order valence-electron chi connectivity index (χ3n) is 6.02. The molecule has 0 radical (unpaired) electrons. The molecule has 2 fully saturated rings. The maximum absolute atomic E-state index is 4.06. The molecule has 0 saturated carbocycles. The molecule has 1 unspecified atom stereocenters. The van der Waals surface area contributed by atoms with Crippen LogP contribution in [0, 0.1) is 5.92 Å². The van der Waals surface area contributed by atoms with Gasteiger partial charge in [0.2, 0.25) is 0 Å². The average molecular weight is 342 g/mol. The molecule has 0 N–H and O–H groups in total. The van der Waals surface area contributed by atoms with Crippen LogP contribution in [-0.4, -0.2) is 48.6 Å². The molecule has 0 aromatic heterocycles. The molecule has 138 valence electrons. The van der Waals surface area contributed by atoms with Gasteiger partial charge in [0, 0.05) is 44.5 Å². The van der Waals surface area contributed by atoms with Gasteiger partial charge in [-0.25, -0.2) is 0 Å². The predicted molar refractivity (Wildman–Crippen MR) is 108 cm³/mol. The minimum absolute atomic E-state index is 0.495. The summed E-state index contributed by atoms with van der Waals surface area (Å²) in [6.45, 7) is 16.8. The van der Waals surface area contributed by atoms with Crippen LogP contribution in [0.3, 0.4) is 0 Å². The van der Waals surface area contributed by atoms with Crippen LogP contribution >= 0.6 is 0 Å². The minimum atomic E-state index is 0.495. The van der Waals surface area contributed by atoms with E-state index >= 15 is 0 Å². The molecule has 1 aromatic carbocycles. The molecule has 0 bridgehead atoms. The SMILES string of the molecule is C=CN1C[C@@H](C)CCCC1c1ccc(N2CCN(C(C)C)CC2)cc1. The van der Waals surface area contributed by atoms with Crippen molar-refractivity contribution in [3.63, 3.8) is 0 Å². The zero-order valence-electron chi connectivity index (χ0n) is 16.3. The molecular formula is C22H35N3. The van der Waals surface area contributed by atoms with Gasteiger partial charge in [-0.05, 0) is 56.5 Å². The third kappa shape index (κ3) is 4.38. The van der Waals surface area contributed by atoms with Crippen molar-refractivity contribution in [2.45, 2.75) is 52.1 Å². The second kappa shape index (κ2) is 8.27. The van der Waals surface area contributed by atoms with Crippen molar-refractivity contribution in [2.24, 2.45) is 5.92 Å². The Kier molecular flexibility index (Phi) is 6.06. The number of likely N-dealkylation sites (tertiary alicyclic amines) is 1. The summed E-state index contributed by atoms with van der Waals surface area (Å²) in [5, 5.41) is 0. The van der Waals surface area contributed by atoms with Crippen molar-refractivity contribution in [3.8, 4) is 0 Å². The van der Waals surface area contributed by atoms with E-state index in [1.165, 1.54) is 43.6 Å². The lowest BCUT2D eigenvalue weighted by atomic mass is 10.00. The molecular weight excluding hydrogens is 306 g/mol. The highest BCUT2D eigenvalue weighted by atomic mass is 15.3. The van der Waals surface area contributed by atoms with E-state index < -0.39 is 0 Å². The van der Waals surface area contributed by atoms with Crippen molar-refractivity contribution in [1.82, 2.24) is 9.80 Å². The van der Waals surface area contributed by atoms with Crippen LogP contribution in [-0.2, 0) is 0 Å². The smallest absolute Gasteiger partial charge is 0.0536 e. The van der Waals surface area contributed by atoms with Crippen molar-refractivity contribution < 1.29 is 0 Å². The standard InChI is InChI=1S/C22H35N3/c1-5-23-17-19(4)7-6-8-22(23)20-9-11-21(12-10-20)25-15-13-24(14-16-25)18(2)3/h5,9-12,18-19,22H,1,6-8,13-17H2,2-4H3/t19-,22?/m0/s1. The van der Waals surface area contributed by atoms with Gasteiger partial charge in [-0.15, -0.1) is 0 Å². The molecule has 2 heterocycles. The lowest BCUT2D eigenvalue weighted by molar-refractivity contribution is 0.209. The molecule has 0 spiro atoms. The Morgan fingerprint density at radius 3 is 2.32 bits per heavy atom. The summed E-state index contributed by atoms with van der Waals surface area (Å²) in [4.78, 5) is 7.55. The summed E-state index contributed by atoms with van der Waals surface area (Å²) in [5.41, 5.74) is 2.82. The first-order valence-corrected chi connectivity index (χ1v) is 10.1. The fourth-order valence-electron chi connectivity index (χ4n) is 4.37. The Morgan fingerprint density at radius 2 is 1.72 bits per heavy atom. The van der Waals surface area contributed by atoms with Crippen LogP contribution in [0.4, 0.5) is 5.69 Å². The highest BCUT2D eigenvalue weighted by Gasteiger charge is 2.23. The van der Waals surface area contributed by atoms with E-state index in [4.69, 9.17) is 0 Å². The normalized spacial score (nSPS) is 25.9. The molecule has 2 saturated heterocycles. The molecule has 25 heavy (non-hydrogen) atoms. The Labute approximate surface area is 154 Å². The number of hydrogen-bond acceptors (Lipinski definition) is 3. The second-order valence-corrected chi connectivity index (χ2v) is 8.14. The molecule has 3 nitrogen and oxygen atoms in total. The monoisotopic (exact) mass is 341 g/mol. The highest BCUT2D eigenvalue weighted by Crippen LogP contribution is 2.33. The molecule has 2 aliphatic rings. The van der Waals surface area contributed by atoms with Gasteiger partial charge in [-0.3, -0.25) is 4.90 Å². The van der Waals surface area contributed by atoms with Crippen LogP contribution in [0.2, 0.25) is 0 Å². The number of rotatable bonds is 4. The minimum Gasteiger partial charge on any atom is -0.371 e. The average Bonchev–Trinajstić information content (AvgIpc) is 2.83. The largest absolute Gasteiger partial charge is 0.371 e. The lowest BCUT2D eigenvalue weighted by Crippen LogP contribution is -2.48. The molecule has 2 atom stereocenters. The van der Waals surface area contributed by atoms with Gasteiger partial charge in [-0.1, -0.05) is 32.1 Å². The Morgan fingerprint density at radius 1 is 1.04 bits per heavy atom. The van der Waals surface area contributed by atoms with E-state index in [0.717, 1.165) is 25.6 Å². The summed E-state index contributed by atoms with van der Waals surface area (Å²) in [7, 11) is 0. The number of nitrogens with zero attached hydrogens (tertiary/aromatic N) is 3. The zero-order chi connectivity index (χ0) is 17.8.